The quantitative estimate of drug-likeness (QED) is 0.780. The van der Waals surface area contributed by atoms with Crippen LogP contribution in [0.25, 0.3) is 0 Å². The highest BCUT2D eigenvalue weighted by Crippen LogP contribution is 2.08. The van der Waals surface area contributed by atoms with Crippen LogP contribution in [0.15, 0.2) is 48.7 Å². The Morgan fingerprint density at radius 1 is 1.21 bits per heavy atom. The number of aromatic nitrogens is 1. The van der Waals surface area contributed by atoms with E-state index in [4.69, 9.17) is 4.74 Å². The predicted octanol–water partition coefficient (Wildman–Crippen LogP) is 2.82. The van der Waals surface area contributed by atoms with E-state index in [1.54, 1.807) is 0 Å². The number of amides is 1. The number of benzene rings is 1. The van der Waals surface area contributed by atoms with Gasteiger partial charge in [-0.25, -0.2) is 9.59 Å². The van der Waals surface area contributed by atoms with E-state index in [0.29, 0.717) is 0 Å². The maximum atomic E-state index is 11.9. The lowest BCUT2D eigenvalue weighted by atomic mass is 10.1. The molecule has 0 saturated heterocycles. The summed E-state index contributed by atoms with van der Waals surface area (Å²) in [5, 5.41) is 11.8. The number of aryl methyl sites for hydroxylation is 1. The van der Waals surface area contributed by atoms with Gasteiger partial charge in [-0.3, -0.25) is 0 Å². The van der Waals surface area contributed by atoms with Gasteiger partial charge in [-0.05, 0) is 24.1 Å². The number of alkyl carbamates (subject to hydrolysis) is 1. The molecular formula is C18H22N2O4. The third kappa shape index (κ3) is 5.15. The van der Waals surface area contributed by atoms with Crippen LogP contribution in [0.5, 0.6) is 0 Å². The minimum absolute atomic E-state index is 0.102. The molecule has 0 aliphatic rings. The molecule has 1 atom stereocenters. The summed E-state index contributed by atoms with van der Waals surface area (Å²) in [4.78, 5) is 23.3. The molecule has 0 fully saturated rings. The lowest BCUT2D eigenvalue weighted by Gasteiger charge is -2.16. The van der Waals surface area contributed by atoms with Crippen LogP contribution in [-0.4, -0.2) is 27.8 Å². The number of ether oxygens (including phenoxy) is 1. The molecule has 2 N–H and O–H groups in total. The second-order valence-electron chi connectivity index (χ2n) is 5.49. The molecule has 0 saturated carbocycles. The van der Waals surface area contributed by atoms with Crippen LogP contribution in [0, 0.1) is 0 Å². The van der Waals surface area contributed by atoms with Crippen molar-refractivity contribution >= 4 is 12.1 Å². The SMILES string of the molecule is CCCn1cccc1CC(NC(=O)OCc1ccccc1)C(=O)O. The minimum atomic E-state index is -1.09. The molecule has 6 heteroatoms. The van der Waals surface area contributed by atoms with E-state index in [9.17, 15) is 14.7 Å². The number of carboxylic acid groups (broad SMARTS) is 1. The van der Waals surface area contributed by atoms with Gasteiger partial charge in [-0.2, -0.15) is 0 Å². The number of nitrogens with one attached hydrogen (secondary N) is 1. The van der Waals surface area contributed by atoms with Gasteiger partial charge in [0.1, 0.15) is 12.6 Å². The summed E-state index contributed by atoms with van der Waals surface area (Å²) in [5.41, 5.74) is 1.71. The molecule has 1 aromatic heterocycles. The third-order valence-electron chi connectivity index (χ3n) is 3.60. The number of rotatable bonds is 8. The monoisotopic (exact) mass is 330 g/mol. The minimum Gasteiger partial charge on any atom is -0.480 e. The van der Waals surface area contributed by atoms with Crippen molar-refractivity contribution in [2.45, 2.75) is 39.0 Å². The molecule has 1 aromatic carbocycles. The van der Waals surface area contributed by atoms with E-state index in [1.165, 1.54) is 0 Å². The molecule has 0 bridgehead atoms. The second kappa shape index (κ2) is 8.76. The van der Waals surface area contributed by atoms with Crippen LogP contribution < -0.4 is 5.32 Å². The first-order valence-electron chi connectivity index (χ1n) is 7.94. The average molecular weight is 330 g/mol. The fraction of sp³-hybridized carbons (Fsp3) is 0.333. The van der Waals surface area contributed by atoms with E-state index < -0.39 is 18.1 Å². The number of aliphatic carboxylic acids is 1. The van der Waals surface area contributed by atoms with Crippen LogP contribution in [0.3, 0.4) is 0 Å². The Morgan fingerprint density at radius 3 is 2.62 bits per heavy atom. The largest absolute Gasteiger partial charge is 0.480 e. The summed E-state index contributed by atoms with van der Waals surface area (Å²) in [6.07, 6.45) is 2.33. The van der Waals surface area contributed by atoms with Gasteiger partial charge in [0.05, 0.1) is 0 Å². The van der Waals surface area contributed by atoms with E-state index in [0.717, 1.165) is 24.2 Å². The Balaban J connectivity index is 1.91. The molecule has 0 spiro atoms. The smallest absolute Gasteiger partial charge is 0.408 e. The summed E-state index contributed by atoms with van der Waals surface area (Å²) in [5.74, 6) is -1.09. The van der Waals surface area contributed by atoms with Gasteiger partial charge >= 0.3 is 12.1 Å². The number of carbonyl (C=O) groups excluding carboxylic acids is 1. The fourth-order valence-corrected chi connectivity index (χ4v) is 2.41. The summed E-state index contributed by atoms with van der Waals surface area (Å²) >= 11 is 0. The zero-order valence-corrected chi connectivity index (χ0v) is 13.6. The molecule has 6 nitrogen and oxygen atoms in total. The highest BCUT2D eigenvalue weighted by atomic mass is 16.5. The van der Waals surface area contributed by atoms with Crippen molar-refractivity contribution in [2.24, 2.45) is 0 Å². The van der Waals surface area contributed by atoms with Crippen LogP contribution >= 0.6 is 0 Å². The first-order valence-corrected chi connectivity index (χ1v) is 7.94. The molecule has 128 valence electrons. The zero-order valence-electron chi connectivity index (χ0n) is 13.6. The van der Waals surface area contributed by atoms with E-state index in [-0.39, 0.29) is 13.0 Å². The Morgan fingerprint density at radius 2 is 1.96 bits per heavy atom. The molecular weight excluding hydrogens is 308 g/mol. The summed E-state index contributed by atoms with van der Waals surface area (Å²) in [6.45, 7) is 2.97. The van der Waals surface area contributed by atoms with E-state index in [1.807, 2.05) is 53.2 Å². The Bertz CT molecular complexity index is 667. The zero-order chi connectivity index (χ0) is 17.4. The van der Waals surface area contributed by atoms with Gasteiger partial charge in [0, 0.05) is 24.9 Å². The van der Waals surface area contributed by atoms with Gasteiger partial charge < -0.3 is 19.7 Å². The maximum Gasteiger partial charge on any atom is 0.408 e. The lowest BCUT2D eigenvalue weighted by Crippen LogP contribution is -2.42. The molecule has 2 rings (SSSR count). The van der Waals surface area contributed by atoms with E-state index >= 15 is 0 Å². The first kappa shape index (κ1) is 17.6. The van der Waals surface area contributed by atoms with Crippen molar-refractivity contribution in [3.8, 4) is 0 Å². The van der Waals surface area contributed by atoms with Crippen molar-refractivity contribution in [1.82, 2.24) is 9.88 Å². The van der Waals surface area contributed by atoms with Crippen LogP contribution in [0.4, 0.5) is 4.79 Å². The highest BCUT2D eigenvalue weighted by Gasteiger charge is 2.22. The van der Waals surface area contributed by atoms with Crippen LogP contribution in [0.1, 0.15) is 24.6 Å². The third-order valence-corrected chi connectivity index (χ3v) is 3.60. The van der Waals surface area contributed by atoms with Gasteiger partial charge in [0.25, 0.3) is 0 Å². The fourth-order valence-electron chi connectivity index (χ4n) is 2.41. The van der Waals surface area contributed by atoms with Gasteiger partial charge in [0.15, 0.2) is 0 Å². The number of carboxylic acids is 1. The molecule has 0 radical (unpaired) electrons. The van der Waals surface area contributed by atoms with Gasteiger partial charge in [-0.15, -0.1) is 0 Å². The van der Waals surface area contributed by atoms with Crippen LogP contribution in [0.2, 0.25) is 0 Å². The Hall–Kier alpha value is -2.76. The first-order chi connectivity index (χ1) is 11.6. The van der Waals surface area contributed by atoms with E-state index in [2.05, 4.69) is 12.2 Å². The van der Waals surface area contributed by atoms with Crippen molar-refractivity contribution in [3.05, 3.63) is 59.9 Å². The molecule has 1 heterocycles. The van der Waals surface area contributed by atoms with Gasteiger partial charge in [-0.1, -0.05) is 37.3 Å². The van der Waals surface area contributed by atoms with Gasteiger partial charge in [0.2, 0.25) is 0 Å². The van der Waals surface area contributed by atoms with Crippen molar-refractivity contribution < 1.29 is 19.4 Å². The summed E-state index contributed by atoms with van der Waals surface area (Å²) in [6, 6.07) is 11.9. The molecule has 0 aliphatic heterocycles. The molecule has 1 amide bonds. The van der Waals surface area contributed by atoms with Crippen molar-refractivity contribution in [2.75, 3.05) is 0 Å². The lowest BCUT2D eigenvalue weighted by molar-refractivity contribution is -0.139. The Labute approximate surface area is 141 Å². The summed E-state index contributed by atoms with van der Waals surface area (Å²) < 4.78 is 7.08. The topological polar surface area (TPSA) is 80.6 Å². The normalized spacial score (nSPS) is 11.7. The van der Waals surface area contributed by atoms with Crippen molar-refractivity contribution in [1.29, 1.82) is 0 Å². The number of nitrogens with zero attached hydrogens (tertiary/aromatic N) is 1. The molecule has 1 unspecified atom stereocenters. The number of carbonyl (C=O) groups is 2. The molecule has 0 aliphatic carbocycles. The Kier molecular flexibility index (Phi) is 6.42. The standard InChI is InChI=1S/C18H22N2O4/c1-2-10-20-11-6-9-15(20)12-16(17(21)22)19-18(23)24-13-14-7-4-3-5-8-14/h3-9,11,16H,2,10,12-13H2,1H3,(H,19,23)(H,21,22). The number of hydrogen-bond donors (Lipinski definition) is 2. The number of hydrogen-bond acceptors (Lipinski definition) is 3. The van der Waals surface area contributed by atoms with Crippen molar-refractivity contribution in [3.63, 3.8) is 0 Å². The average Bonchev–Trinajstić information content (AvgIpc) is 3.00. The van der Waals surface area contributed by atoms with Crippen LogP contribution in [-0.2, 0) is 29.1 Å². The summed E-state index contributed by atoms with van der Waals surface area (Å²) in [7, 11) is 0. The maximum absolute atomic E-state index is 11.9. The molecule has 2 aromatic rings. The second-order valence-corrected chi connectivity index (χ2v) is 5.49. The predicted molar refractivity (Wildman–Crippen MR) is 89.6 cm³/mol. The molecule has 24 heavy (non-hydrogen) atoms. The highest BCUT2D eigenvalue weighted by molar-refractivity contribution is 5.80.